The maximum atomic E-state index is 12.9. The van der Waals surface area contributed by atoms with Gasteiger partial charge >= 0.3 is 5.97 Å². The zero-order valence-electron chi connectivity index (χ0n) is 17.5. The minimum absolute atomic E-state index is 0.00447. The van der Waals surface area contributed by atoms with Crippen LogP contribution >= 0.6 is 0 Å². The molecule has 0 spiro atoms. The fourth-order valence-corrected chi connectivity index (χ4v) is 4.83. The number of esters is 1. The summed E-state index contributed by atoms with van der Waals surface area (Å²) in [7, 11) is 3.18. The first-order valence-electron chi connectivity index (χ1n) is 10.8. The molecule has 2 aromatic rings. The Kier molecular flexibility index (Phi) is 5.90. The normalized spacial score (nSPS) is 17.4. The van der Waals surface area contributed by atoms with Crippen molar-refractivity contribution < 1.29 is 14.3 Å². The SMILES string of the molecule is COC(=O)CCCN(C)C(=O)c1ccc2[nH]c3c(c2c1)CN(C1CCCC1)CC3. The van der Waals surface area contributed by atoms with E-state index in [1.165, 1.54) is 49.4 Å². The molecular formula is C23H31N3O3. The van der Waals surface area contributed by atoms with E-state index in [0.717, 1.165) is 31.1 Å². The molecule has 0 saturated heterocycles. The number of hydrogen-bond donors (Lipinski definition) is 1. The van der Waals surface area contributed by atoms with Crippen LogP contribution in [0.3, 0.4) is 0 Å². The number of carbonyl (C=O) groups is 2. The summed E-state index contributed by atoms with van der Waals surface area (Å²) in [4.78, 5) is 32.1. The Hall–Kier alpha value is -2.34. The molecule has 6 nitrogen and oxygen atoms in total. The molecule has 29 heavy (non-hydrogen) atoms. The Bertz CT molecular complexity index is 898. The van der Waals surface area contributed by atoms with Crippen LogP contribution in [0.5, 0.6) is 0 Å². The van der Waals surface area contributed by atoms with Crippen LogP contribution in [0, 0.1) is 0 Å². The van der Waals surface area contributed by atoms with Crippen LogP contribution in [-0.4, -0.2) is 59.9 Å². The van der Waals surface area contributed by atoms with Gasteiger partial charge < -0.3 is 14.6 Å². The molecule has 1 saturated carbocycles. The van der Waals surface area contributed by atoms with Gasteiger partial charge in [-0.25, -0.2) is 0 Å². The number of rotatable bonds is 6. The first-order chi connectivity index (χ1) is 14.1. The van der Waals surface area contributed by atoms with Crippen molar-refractivity contribution in [1.82, 2.24) is 14.8 Å². The number of H-pyrrole nitrogens is 1. The van der Waals surface area contributed by atoms with Gasteiger partial charge in [0, 0.05) is 67.7 Å². The van der Waals surface area contributed by atoms with Gasteiger partial charge in [0.15, 0.2) is 0 Å². The fraction of sp³-hybridized carbons (Fsp3) is 0.565. The first-order valence-corrected chi connectivity index (χ1v) is 10.8. The number of hydrogen-bond acceptors (Lipinski definition) is 4. The van der Waals surface area contributed by atoms with Crippen LogP contribution in [0.15, 0.2) is 18.2 Å². The van der Waals surface area contributed by atoms with Crippen molar-refractivity contribution in [3.8, 4) is 0 Å². The number of methoxy groups -OCH3 is 1. The van der Waals surface area contributed by atoms with Gasteiger partial charge in [-0.2, -0.15) is 0 Å². The molecule has 4 rings (SSSR count). The second-order valence-electron chi connectivity index (χ2n) is 8.41. The lowest BCUT2D eigenvalue weighted by Crippen LogP contribution is -2.37. The van der Waals surface area contributed by atoms with E-state index in [4.69, 9.17) is 0 Å². The standard InChI is InChI=1S/C23H31N3O3/c1-25(12-5-8-22(27)29-2)23(28)16-9-10-20-18(14-16)19-15-26(13-11-21(19)24-20)17-6-3-4-7-17/h9-10,14,17,24H,3-8,11-13,15H2,1-2H3. The van der Waals surface area contributed by atoms with Crippen LogP contribution in [0.1, 0.15) is 60.1 Å². The number of nitrogens with one attached hydrogen (secondary N) is 1. The molecule has 1 aromatic heterocycles. The van der Waals surface area contributed by atoms with E-state index in [1.807, 2.05) is 18.2 Å². The fourth-order valence-electron chi connectivity index (χ4n) is 4.83. The first kappa shape index (κ1) is 20.0. The van der Waals surface area contributed by atoms with Gasteiger partial charge in [0.25, 0.3) is 5.91 Å². The summed E-state index contributed by atoms with van der Waals surface area (Å²) in [5.74, 6) is -0.242. The summed E-state index contributed by atoms with van der Waals surface area (Å²) in [6.45, 7) is 2.64. The van der Waals surface area contributed by atoms with Crippen LogP contribution < -0.4 is 0 Å². The highest BCUT2D eigenvalue weighted by atomic mass is 16.5. The highest BCUT2D eigenvalue weighted by molar-refractivity contribution is 5.99. The lowest BCUT2D eigenvalue weighted by atomic mass is 10.0. The maximum absolute atomic E-state index is 12.9. The number of amides is 1. The van der Waals surface area contributed by atoms with Crippen LogP contribution in [0.2, 0.25) is 0 Å². The average molecular weight is 398 g/mol. The van der Waals surface area contributed by atoms with Crippen molar-refractivity contribution in [2.75, 3.05) is 27.2 Å². The monoisotopic (exact) mass is 397 g/mol. The average Bonchev–Trinajstić information content (AvgIpc) is 3.40. The number of aromatic nitrogens is 1. The van der Waals surface area contributed by atoms with E-state index in [1.54, 1.807) is 11.9 Å². The predicted molar refractivity (Wildman–Crippen MR) is 113 cm³/mol. The van der Waals surface area contributed by atoms with Crippen molar-refractivity contribution in [3.05, 3.63) is 35.0 Å². The van der Waals surface area contributed by atoms with Gasteiger partial charge in [-0.15, -0.1) is 0 Å². The summed E-state index contributed by atoms with van der Waals surface area (Å²) < 4.78 is 4.66. The molecule has 0 radical (unpaired) electrons. The number of benzene rings is 1. The molecule has 6 heteroatoms. The largest absolute Gasteiger partial charge is 0.469 e. The molecule has 1 N–H and O–H groups in total. The van der Waals surface area contributed by atoms with Crippen LogP contribution in [0.25, 0.3) is 10.9 Å². The third kappa shape index (κ3) is 4.17. The maximum Gasteiger partial charge on any atom is 0.305 e. The summed E-state index contributed by atoms with van der Waals surface area (Å²) in [6, 6.07) is 6.70. The summed E-state index contributed by atoms with van der Waals surface area (Å²) in [6.07, 6.45) is 7.32. The lowest BCUT2D eigenvalue weighted by molar-refractivity contribution is -0.140. The molecule has 1 aromatic carbocycles. The number of nitrogens with zero attached hydrogens (tertiary/aromatic N) is 2. The molecule has 0 bridgehead atoms. The Morgan fingerprint density at radius 2 is 2.07 bits per heavy atom. The topological polar surface area (TPSA) is 65.6 Å². The molecular weight excluding hydrogens is 366 g/mol. The number of ether oxygens (including phenoxy) is 1. The second-order valence-corrected chi connectivity index (χ2v) is 8.41. The quantitative estimate of drug-likeness (QED) is 0.758. The van der Waals surface area contributed by atoms with Crippen molar-refractivity contribution >= 4 is 22.8 Å². The Morgan fingerprint density at radius 1 is 1.28 bits per heavy atom. The van der Waals surface area contributed by atoms with Crippen LogP contribution in [0.4, 0.5) is 0 Å². The molecule has 1 aliphatic heterocycles. The minimum atomic E-state index is -0.238. The highest BCUT2D eigenvalue weighted by Crippen LogP contribution is 2.33. The smallest absolute Gasteiger partial charge is 0.305 e. The second kappa shape index (κ2) is 8.57. The van der Waals surface area contributed by atoms with Gasteiger partial charge in [0.05, 0.1) is 7.11 Å². The van der Waals surface area contributed by atoms with Gasteiger partial charge in [-0.3, -0.25) is 14.5 Å². The number of aromatic amines is 1. The van der Waals surface area contributed by atoms with E-state index < -0.39 is 0 Å². The van der Waals surface area contributed by atoms with Crippen molar-refractivity contribution in [2.45, 2.75) is 57.5 Å². The molecule has 0 unspecified atom stereocenters. The summed E-state index contributed by atoms with van der Waals surface area (Å²) >= 11 is 0. The molecule has 156 valence electrons. The van der Waals surface area contributed by atoms with Gasteiger partial charge in [0.1, 0.15) is 0 Å². The van der Waals surface area contributed by atoms with Gasteiger partial charge in [-0.1, -0.05) is 12.8 Å². The van der Waals surface area contributed by atoms with E-state index in [-0.39, 0.29) is 11.9 Å². The third-order valence-electron chi connectivity index (χ3n) is 6.54. The Balaban J connectivity index is 1.49. The Morgan fingerprint density at radius 3 is 2.83 bits per heavy atom. The third-order valence-corrected chi connectivity index (χ3v) is 6.54. The van der Waals surface area contributed by atoms with Crippen LogP contribution in [-0.2, 0) is 22.5 Å². The summed E-state index contributed by atoms with van der Waals surface area (Å²) in [5, 5.41) is 1.18. The Labute approximate surface area is 172 Å². The molecule has 0 atom stereocenters. The zero-order chi connectivity index (χ0) is 20.4. The van der Waals surface area contributed by atoms with E-state index in [0.29, 0.717) is 24.9 Å². The van der Waals surface area contributed by atoms with Crippen molar-refractivity contribution in [3.63, 3.8) is 0 Å². The molecule has 2 heterocycles. The number of fused-ring (bicyclic) bond motifs is 3. The number of carbonyl (C=O) groups excluding carboxylic acids is 2. The zero-order valence-corrected chi connectivity index (χ0v) is 17.5. The molecule has 1 fully saturated rings. The molecule has 2 aliphatic rings. The van der Waals surface area contributed by atoms with Gasteiger partial charge in [0.2, 0.25) is 0 Å². The van der Waals surface area contributed by atoms with E-state index in [9.17, 15) is 9.59 Å². The van der Waals surface area contributed by atoms with Crippen molar-refractivity contribution in [1.29, 1.82) is 0 Å². The highest BCUT2D eigenvalue weighted by Gasteiger charge is 2.28. The van der Waals surface area contributed by atoms with Crippen molar-refractivity contribution in [2.24, 2.45) is 0 Å². The van der Waals surface area contributed by atoms with E-state index in [2.05, 4.69) is 14.6 Å². The summed E-state index contributed by atoms with van der Waals surface area (Å²) in [5.41, 5.74) is 4.51. The predicted octanol–water partition coefficient (Wildman–Crippen LogP) is 3.49. The molecule has 1 aliphatic carbocycles. The van der Waals surface area contributed by atoms with Gasteiger partial charge in [-0.05, 0) is 43.0 Å². The minimum Gasteiger partial charge on any atom is -0.469 e. The van der Waals surface area contributed by atoms with E-state index >= 15 is 0 Å². The lowest BCUT2D eigenvalue weighted by Gasteiger charge is -2.32. The molecule has 1 amide bonds.